The minimum atomic E-state index is -1.49. The van der Waals surface area contributed by atoms with E-state index in [1.165, 1.54) is 11.8 Å². The highest BCUT2D eigenvalue weighted by Crippen LogP contribution is 2.10. The van der Waals surface area contributed by atoms with Crippen LogP contribution in [0.2, 0.25) is 0 Å². The summed E-state index contributed by atoms with van der Waals surface area (Å²) in [6, 6.07) is 8.22. The van der Waals surface area contributed by atoms with Crippen LogP contribution < -0.4 is 49.1 Å². The molecule has 0 bridgehead atoms. The van der Waals surface area contributed by atoms with Crippen LogP contribution in [0, 0.1) is 0 Å². The van der Waals surface area contributed by atoms with Crippen molar-refractivity contribution in [3.8, 4) is 0 Å². The molecule has 0 heterocycles. The number of aliphatic carboxylic acids is 1. The van der Waals surface area contributed by atoms with E-state index in [1.807, 2.05) is 0 Å². The quantitative estimate of drug-likeness (QED) is 0.0411. The van der Waals surface area contributed by atoms with E-state index in [9.17, 15) is 48.3 Å². The molecule has 334 valence electrons. The summed E-state index contributed by atoms with van der Waals surface area (Å²) in [5, 5.41) is 24.8. The Kier molecular flexibility index (Phi) is 23.4. The molecule has 0 radical (unpaired) electrons. The minimum Gasteiger partial charge on any atom is -0.480 e. The van der Waals surface area contributed by atoms with Crippen molar-refractivity contribution >= 4 is 90.2 Å². The van der Waals surface area contributed by atoms with Crippen LogP contribution >= 0.6 is 37.0 Å². The summed E-state index contributed by atoms with van der Waals surface area (Å²) in [5.41, 5.74) is 17.4. The number of nitrogens with two attached hydrogens (primary N) is 3. The number of carbonyl (C=O) groups is 9. The molecule has 0 fully saturated rings. The topological polar surface area (TPSA) is 324 Å². The Morgan fingerprint density at radius 2 is 0.902 bits per heavy atom. The van der Waals surface area contributed by atoms with E-state index in [-0.39, 0.29) is 56.5 Å². The number of nitrogens with one attached hydrogen (secondary N) is 6. The van der Waals surface area contributed by atoms with Crippen molar-refractivity contribution < 1.29 is 48.3 Å². The van der Waals surface area contributed by atoms with Gasteiger partial charge in [-0.3, -0.25) is 38.4 Å². The molecular formula is C39H55N9O10S3. The van der Waals surface area contributed by atoms with Gasteiger partial charge in [-0.15, -0.1) is 0 Å². The Labute approximate surface area is 368 Å². The predicted octanol–water partition coefficient (Wildman–Crippen LogP) is -2.06. The summed E-state index contributed by atoms with van der Waals surface area (Å²) in [5.74, 6) is -7.71. The van der Waals surface area contributed by atoms with Crippen molar-refractivity contribution in [1.82, 2.24) is 31.9 Å². The Morgan fingerprint density at radius 3 is 1.31 bits per heavy atom. The van der Waals surface area contributed by atoms with Crippen LogP contribution in [-0.2, 0) is 56.0 Å². The predicted molar refractivity (Wildman–Crippen MR) is 235 cm³/mol. The summed E-state index contributed by atoms with van der Waals surface area (Å²) in [6.07, 6.45) is 0.954. The number of hydrogen-bond donors (Lipinski definition) is 12. The molecule has 0 spiro atoms. The maximum Gasteiger partial charge on any atom is 0.326 e. The summed E-state index contributed by atoms with van der Waals surface area (Å²) < 4.78 is 0. The van der Waals surface area contributed by atoms with Gasteiger partial charge in [-0.1, -0.05) is 60.7 Å². The van der Waals surface area contributed by atoms with Crippen LogP contribution in [-0.4, -0.2) is 124 Å². The highest BCUT2D eigenvalue weighted by Gasteiger charge is 2.33. The summed E-state index contributed by atoms with van der Waals surface area (Å²) in [4.78, 5) is 115. The van der Waals surface area contributed by atoms with Gasteiger partial charge >= 0.3 is 5.97 Å². The number of carboxylic acids is 1. The SMILES string of the molecule is CSCCC(NC(=O)C(Cc1ccccc1)NC(=O)C(CS)NC(=O)C(N)CCC(N)=O)C(=O)NC(Cc1ccccc1)C(=O)NC(CS)C(=O)NC(CCC(N)=O)C(=O)O. The fraction of sp³-hybridized carbons (Fsp3) is 0.462. The second-order valence-electron chi connectivity index (χ2n) is 13.8. The molecule has 2 aromatic rings. The van der Waals surface area contributed by atoms with Gasteiger partial charge < -0.3 is 54.2 Å². The average molecular weight is 906 g/mol. The molecule has 19 nitrogen and oxygen atoms in total. The third-order valence-electron chi connectivity index (χ3n) is 9.04. The van der Waals surface area contributed by atoms with Gasteiger partial charge in [0.05, 0.1) is 6.04 Å². The van der Waals surface area contributed by atoms with Gasteiger partial charge in [0.15, 0.2) is 0 Å². The van der Waals surface area contributed by atoms with E-state index in [1.54, 1.807) is 66.9 Å². The molecule has 0 aromatic heterocycles. The number of thioether (sulfide) groups is 1. The molecule has 61 heavy (non-hydrogen) atoms. The number of hydrogen-bond acceptors (Lipinski definition) is 13. The first-order chi connectivity index (χ1) is 29.0. The van der Waals surface area contributed by atoms with Crippen molar-refractivity contribution in [3.05, 3.63) is 71.8 Å². The summed E-state index contributed by atoms with van der Waals surface area (Å²) in [6.45, 7) is 0. The number of primary amides is 2. The monoisotopic (exact) mass is 905 g/mol. The van der Waals surface area contributed by atoms with E-state index in [0.29, 0.717) is 16.9 Å². The summed E-state index contributed by atoms with van der Waals surface area (Å²) in [7, 11) is 0. The van der Waals surface area contributed by atoms with Gasteiger partial charge in [0, 0.05) is 37.2 Å². The van der Waals surface area contributed by atoms with E-state index >= 15 is 0 Å². The molecule has 2 rings (SSSR count). The minimum absolute atomic E-state index is 0.0296. The molecule has 13 N–H and O–H groups in total. The van der Waals surface area contributed by atoms with E-state index in [4.69, 9.17) is 17.2 Å². The average Bonchev–Trinajstić information content (AvgIpc) is 3.23. The molecule has 7 unspecified atom stereocenters. The summed E-state index contributed by atoms with van der Waals surface area (Å²) >= 11 is 9.74. The lowest BCUT2D eigenvalue weighted by molar-refractivity contribution is -0.142. The molecule has 22 heteroatoms. The van der Waals surface area contributed by atoms with Crippen molar-refractivity contribution in [2.24, 2.45) is 17.2 Å². The van der Waals surface area contributed by atoms with Crippen molar-refractivity contribution in [3.63, 3.8) is 0 Å². The fourth-order valence-electron chi connectivity index (χ4n) is 5.62. The zero-order valence-electron chi connectivity index (χ0n) is 33.5. The lowest BCUT2D eigenvalue weighted by Crippen LogP contribution is -2.60. The zero-order chi connectivity index (χ0) is 45.5. The first-order valence-corrected chi connectivity index (χ1v) is 21.8. The van der Waals surface area contributed by atoms with Gasteiger partial charge in [-0.05, 0) is 42.4 Å². The van der Waals surface area contributed by atoms with Gasteiger partial charge in [0.25, 0.3) is 0 Å². The van der Waals surface area contributed by atoms with Gasteiger partial charge in [0.2, 0.25) is 47.3 Å². The third kappa shape index (κ3) is 19.3. The van der Waals surface area contributed by atoms with E-state index < -0.39 is 95.5 Å². The normalized spacial score (nSPS) is 14.3. The van der Waals surface area contributed by atoms with Gasteiger partial charge in [-0.2, -0.15) is 37.0 Å². The lowest BCUT2D eigenvalue weighted by atomic mass is 10.0. The highest BCUT2D eigenvalue weighted by molar-refractivity contribution is 7.98. The van der Waals surface area contributed by atoms with Crippen LogP contribution in [0.3, 0.4) is 0 Å². The van der Waals surface area contributed by atoms with E-state index in [0.717, 1.165) is 0 Å². The number of rotatable bonds is 28. The Bertz CT molecular complexity index is 1810. The maximum atomic E-state index is 14.1. The highest BCUT2D eigenvalue weighted by atomic mass is 32.2. The Balaban J connectivity index is 2.36. The number of benzene rings is 2. The van der Waals surface area contributed by atoms with Crippen LogP contribution in [0.1, 0.15) is 43.2 Å². The number of thiol groups is 2. The Morgan fingerprint density at radius 1 is 0.541 bits per heavy atom. The number of carbonyl (C=O) groups excluding carboxylic acids is 8. The largest absolute Gasteiger partial charge is 0.480 e. The van der Waals surface area contributed by atoms with Crippen LogP contribution in [0.25, 0.3) is 0 Å². The first kappa shape index (κ1) is 51.8. The van der Waals surface area contributed by atoms with Gasteiger partial charge in [-0.25, -0.2) is 4.79 Å². The molecule has 7 atom stereocenters. The molecule has 0 aliphatic heterocycles. The van der Waals surface area contributed by atoms with Crippen LogP contribution in [0.4, 0.5) is 0 Å². The van der Waals surface area contributed by atoms with Gasteiger partial charge in [0.1, 0.15) is 36.3 Å². The number of carboxylic acid groups (broad SMARTS) is 1. The second kappa shape index (κ2) is 27.5. The Hall–Kier alpha value is -5.32. The van der Waals surface area contributed by atoms with Crippen molar-refractivity contribution in [2.75, 3.05) is 23.5 Å². The van der Waals surface area contributed by atoms with Crippen molar-refractivity contribution in [1.29, 1.82) is 0 Å². The molecule has 8 amide bonds. The van der Waals surface area contributed by atoms with Crippen molar-refractivity contribution in [2.45, 2.75) is 87.2 Å². The maximum absolute atomic E-state index is 14.1. The first-order valence-electron chi connectivity index (χ1n) is 19.1. The smallest absolute Gasteiger partial charge is 0.326 e. The van der Waals surface area contributed by atoms with Crippen LogP contribution in [0.5, 0.6) is 0 Å². The zero-order valence-corrected chi connectivity index (χ0v) is 36.1. The third-order valence-corrected chi connectivity index (χ3v) is 10.4. The molecule has 0 aliphatic rings. The number of amides is 8. The molecule has 2 aromatic carbocycles. The molecule has 0 saturated carbocycles. The fourth-order valence-corrected chi connectivity index (χ4v) is 6.61. The molecule has 0 aliphatic carbocycles. The molecular weight excluding hydrogens is 851 g/mol. The molecule has 0 saturated heterocycles. The second-order valence-corrected chi connectivity index (χ2v) is 15.6. The van der Waals surface area contributed by atoms with Crippen LogP contribution in [0.15, 0.2) is 60.7 Å². The van der Waals surface area contributed by atoms with E-state index in [2.05, 4.69) is 57.2 Å². The lowest BCUT2D eigenvalue weighted by Gasteiger charge is -2.27. The standard InChI is InChI=1S/C39H55N9O10S3/c1-61-17-16-25(43-35(53)27(18-22-8-4-2-5-9-22)46-38(56)29(20-59)47-33(51)24(40)12-14-31(41)49)34(52)45-28(19-23-10-6-3-7-11-23)36(54)48-30(21-60)37(55)44-26(39(57)58)13-15-32(42)50/h2-11,24-30,59-60H,12-21,40H2,1H3,(H2,41,49)(H2,42,50)(H,43,53)(H,44,55)(H,45,52)(H,46,56)(H,47,51)(H,48,54)(H,57,58).